The lowest BCUT2D eigenvalue weighted by Gasteiger charge is -2.18. The van der Waals surface area contributed by atoms with Crippen molar-refractivity contribution < 1.29 is 47.1 Å². The third kappa shape index (κ3) is 11.6. The van der Waals surface area contributed by atoms with Crippen LogP contribution in [0.2, 0.25) is 0 Å². The summed E-state index contributed by atoms with van der Waals surface area (Å²) in [7, 11) is 0. The fraction of sp³-hybridized carbons (Fsp3) is 0.406. The quantitative estimate of drug-likeness (QED) is 0.144. The van der Waals surface area contributed by atoms with Gasteiger partial charge >= 0.3 is 5.97 Å². The topological polar surface area (TPSA) is 167 Å². The summed E-state index contributed by atoms with van der Waals surface area (Å²) in [6.45, 7) is 5.49. The largest absolute Gasteiger partial charge is 0.426 e. The Bertz CT molecular complexity index is 1480. The number of hydrogen-bond donors (Lipinski definition) is 2. The molecule has 0 aromatic heterocycles. The Morgan fingerprint density at radius 3 is 2.11 bits per heavy atom. The van der Waals surface area contributed by atoms with E-state index in [-0.39, 0.29) is 65.4 Å². The van der Waals surface area contributed by atoms with E-state index in [4.69, 9.17) is 10.5 Å². The molecule has 2 amide bonds. The zero-order chi connectivity index (χ0) is 33.8. The number of ether oxygens (including phenoxy) is 1. The first-order valence-electron chi connectivity index (χ1n) is 14.2. The van der Waals surface area contributed by atoms with Crippen LogP contribution in [-0.4, -0.2) is 52.0 Å². The number of nitrogens with two attached hydrogens (primary N) is 1. The number of esters is 1. The fourth-order valence-electron chi connectivity index (χ4n) is 4.44. The first-order valence-corrected chi connectivity index (χ1v) is 15.2. The number of thioether (sulfide) groups is 1. The molecular weight excluding hydrogens is 610 g/mol. The van der Waals surface area contributed by atoms with Gasteiger partial charge < -0.3 is 25.4 Å². The van der Waals surface area contributed by atoms with Crippen LogP contribution in [0.4, 0.5) is 8.78 Å². The van der Waals surface area contributed by atoms with Gasteiger partial charge in [-0.25, -0.2) is 8.78 Å². The molecule has 0 spiro atoms. The van der Waals surface area contributed by atoms with E-state index < -0.39 is 58.2 Å². The second kappa shape index (κ2) is 17.3. The number of Topliss-reactive ketones (excluding diaryl/α,β-unsaturated/α-hetero) is 3. The van der Waals surface area contributed by atoms with Crippen LogP contribution in [0, 0.1) is 23.5 Å². The zero-order valence-electron chi connectivity index (χ0n) is 25.4. The molecule has 0 saturated heterocycles. The molecule has 10 nitrogen and oxygen atoms in total. The highest BCUT2D eigenvalue weighted by molar-refractivity contribution is 8.13. The average Bonchev–Trinajstić information content (AvgIpc) is 2.95. The van der Waals surface area contributed by atoms with E-state index >= 15 is 0 Å². The molecule has 0 aliphatic carbocycles. The van der Waals surface area contributed by atoms with E-state index in [1.165, 1.54) is 45.0 Å². The Kier molecular flexibility index (Phi) is 14.2. The minimum Gasteiger partial charge on any atom is -0.426 e. The van der Waals surface area contributed by atoms with Gasteiger partial charge in [0.2, 0.25) is 16.9 Å². The summed E-state index contributed by atoms with van der Waals surface area (Å²) < 4.78 is 33.6. The third-order valence-electron chi connectivity index (χ3n) is 6.78. The molecule has 0 radical (unpaired) electrons. The lowest BCUT2D eigenvalue weighted by molar-refractivity contribution is -0.141. The minimum atomic E-state index is -1.16. The van der Waals surface area contributed by atoms with Gasteiger partial charge in [-0.3, -0.25) is 24.0 Å². The van der Waals surface area contributed by atoms with Crippen LogP contribution >= 0.6 is 11.8 Å². The maximum Gasteiger partial charge on any atom is 0.314 e. The second-order valence-corrected chi connectivity index (χ2v) is 11.6. The maximum atomic E-state index is 14.6. The smallest absolute Gasteiger partial charge is 0.314 e. The van der Waals surface area contributed by atoms with Crippen molar-refractivity contribution in [2.45, 2.75) is 65.8 Å². The van der Waals surface area contributed by atoms with E-state index in [0.29, 0.717) is 24.2 Å². The van der Waals surface area contributed by atoms with Crippen LogP contribution in [0.25, 0.3) is 11.1 Å². The van der Waals surface area contributed by atoms with E-state index in [0.717, 1.165) is 6.07 Å². The molecule has 0 aliphatic rings. The highest BCUT2D eigenvalue weighted by Gasteiger charge is 2.27. The Morgan fingerprint density at radius 2 is 1.56 bits per heavy atom. The number of amides is 2. The van der Waals surface area contributed by atoms with Gasteiger partial charge in [-0.2, -0.15) is 0 Å². The Hall–Kier alpha value is -4.26. The molecule has 45 heavy (non-hydrogen) atoms. The molecule has 0 heterocycles. The molecule has 3 N–H and O–H groups in total. The summed E-state index contributed by atoms with van der Waals surface area (Å²) in [4.78, 5) is 86.0. The van der Waals surface area contributed by atoms with E-state index in [2.05, 4.69) is 5.32 Å². The van der Waals surface area contributed by atoms with Gasteiger partial charge in [-0.05, 0) is 56.5 Å². The summed E-state index contributed by atoms with van der Waals surface area (Å²) in [6.07, 6.45) is -0.464. The Morgan fingerprint density at radius 1 is 0.911 bits per heavy atom. The van der Waals surface area contributed by atoms with Crippen LogP contribution in [0.5, 0.6) is 5.75 Å². The predicted octanol–water partition coefficient (Wildman–Crippen LogP) is 4.35. The number of hydrogen-bond acceptors (Lipinski definition) is 9. The number of benzene rings is 2. The predicted molar refractivity (Wildman–Crippen MR) is 163 cm³/mol. The van der Waals surface area contributed by atoms with Crippen molar-refractivity contribution in [1.82, 2.24) is 5.32 Å². The average molecular weight is 647 g/mol. The van der Waals surface area contributed by atoms with Crippen molar-refractivity contribution in [1.29, 1.82) is 0 Å². The van der Waals surface area contributed by atoms with Crippen molar-refractivity contribution in [2.75, 3.05) is 5.75 Å². The van der Waals surface area contributed by atoms with Gasteiger partial charge in [0.25, 0.3) is 0 Å². The van der Waals surface area contributed by atoms with Crippen LogP contribution in [-0.2, 0) is 28.8 Å². The van der Waals surface area contributed by atoms with Crippen molar-refractivity contribution in [2.24, 2.45) is 17.6 Å². The molecule has 0 fully saturated rings. The molecule has 3 unspecified atom stereocenters. The first-order chi connectivity index (χ1) is 21.1. The summed E-state index contributed by atoms with van der Waals surface area (Å²) in [5.41, 5.74) is 5.35. The lowest BCUT2D eigenvalue weighted by Crippen LogP contribution is -2.39. The number of carbonyl (C=O) groups is 7. The molecule has 0 saturated carbocycles. The zero-order valence-corrected chi connectivity index (χ0v) is 26.3. The van der Waals surface area contributed by atoms with Gasteiger partial charge in [0.05, 0.1) is 23.4 Å². The highest BCUT2D eigenvalue weighted by atomic mass is 32.2. The fourth-order valence-corrected chi connectivity index (χ4v) is 5.46. The normalized spacial score (nSPS) is 12.8. The van der Waals surface area contributed by atoms with Crippen LogP contribution in [0.15, 0.2) is 36.4 Å². The standard InChI is InChI=1S/C32H36F2N2O8S/c1-5-20(12-17(2)37)31(42)44-29-11-6-21(24-8-7-23(33)15-26(24)34)14-25(29)28(40)10-9-27(36-19(4)39)32(43)45-16-22(30(35)41)13-18(3)38/h6-8,11,14-15,20,22,27H,5,9-10,12-13,16H2,1-4H3,(H2,35,41)(H,36,39). The summed E-state index contributed by atoms with van der Waals surface area (Å²) in [5, 5.41) is 1.90. The van der Waals surface area contributed by atoms with Crippen molar-refractivity contribution >= 4 is 52.0 Å². The number of ketones is 3. The van der Waals surface area contributed by atoms with Gasteiger partial charge in [-0.1, -0.05) is 24.8 Å². The molecule has 2 rings (SSSR count). The van der Waals surface area contributed by atoms with Gasteiger partial charge in [0.15, 0.2) is 5.78 Å². The maximum absolute atomic E-state index is 14.6. The summed E-state index contributed by atoms with van der Waals surface area (Å²) in [5.74, 6) is -6.85. The SMILES string of the molecule is CCC(CC(C)=O)C(=O)Oc1ccc(-c2ccc(F)cc2F)cc1C(=O)CCC(NC(C)=O)C(=O)SCC(CC(C)=O)C(N)=O. The monoisotopic (exact) mass is 646 g/mol. The van der Waals surface area contributed by atoms with Gasteiger partial charge in [0, 0.05) is 43.6 Å². The Balaban J connectivity index is 2.38. The molecular formula is C32H36F2N2O8S. The van der Waals surface area contributed by atoms with Crippen LogP contribution < -0.4 is 15.8 Å². The minimum absolute atomic E-state index is 0.0244. The Labute approximate surface area is 263 Å². The molecule has 13 heteroatoms. The molecule has 0 aliphatic heterocycles. The highest BCUT2D eigenvalue weighted by Crippen LogP contribution is 2.31. The summed E-state index contributed by atoms with van der Waals surface area (Å²) in [6, 6.07) is 5.70. The van der Waals surface area contributed by atoms with Crippen LogP contribution in [0.1, 0.15) is 70.2 Å². The molecule has 3 atom stereocenters. The molecule has 2 aromatic rings. The molecule has 2 aromatic carbocycles. The van der Waals surface area contributed by atoms with Gasteiger partial charge in [0.1, 0.15) is 29.0 Å². The van der Waals surface area contributed by atoms with Crippen molar-refractivity contribution in [3.63, 3.8) is 0 Å². The second-order valence-electron chi connectivity index (χ2n) is 10.6. The number of rotatable bonds is 17. The van der Waals surface area contributed by atoms with Crippen molar-refractivity contribution in [3.8, 4) is 16.9 Å². The van der Waals surface area contributed by atoms with Gasteiger partial charge in [-0.15, -0.1) is 0 Å². The van der Waals surface area contributed by atoms with Crippen molar-refractivity contribution in [3.05, 3.63) is 53.6 Å². The third-order valence-corrected chi connectivity index (χ3v) is 7.92. The summed E-state index contributed by atoms with van der Waals surface area (Å²) >= 11 is 0.690. The first kappa shape index (κ1) is 36.9. The number of primary amides is 1. The number of nitrogens with one attached hydrogen (secondary N) is 1. The van der Waals surface area contributed by atoms with E-state index in [1.54, 1.807) is 6.92 Å². The molecule has 242 valence electrons. The number of halogens is 2. The van der Waals surface area contributed by atoms with E-state index in [9.17, 15) is 42.3 Å². The van der Waals surface area contributed by atoms with E-state index in [1.807, 2.05) is 0 Å². The number of carbonyl (C=O) groups excluding carboxylic acids is 7. The van der Waals surface area contributed by atoms with Crippen LogP contribution in [0.3, 0.4) is 0 Å². The molecule has 0 bridgehead atoms. The lowest BCUT2D eigenvalue weighted by atomic mass is 9.97.